The molecule has 0 atom stereocenters. The van der Waals surface area contributed by atoms with Crippen LogP contribution in [0.15, 0.2) is 6.33 Å². The number of hydrogen-bond acceptors (Lipinski definition) is 5. The maximum atomic E-state index is 12.1. The van der Waals surface area contributed by atoms with E-state index in [0.29, 0.717) is 25.1 Å². The second kappa shape index (κ2) is 6.50. The SMILES string of the molecule is Cn1cnnc1CCNS(=O)(=O)N1CCC(C(=O)O)CC1. The molecular formula is C11H19N5O4S. The summed E-state index contributed by atoms with van der Waals surface area (Å²) in [5.74, 6) is -0.611. The predicted molar refractivity (Wildman–Crippen MR) is 73.6 cm³/mol. The monoisotopic (exact) mass is 317 g/mol. The second-order valence-electron chi connectivity index (χ2n) is 5.02. The van der Waals surface area contributed by atoms with Crippen molar-refractivity contribution in [3.05, 3.63) is 12.2 Å². The molecule has 1 aromatic heterocycles. The molecule has 21 heavy (non-hydrogen) atoms. The Kier molecular flexibility index (Phi) is 4.91. The Morgan fingerprint density at radius 3 is 2.67 bits per heavy atom. The molecule has 0 saturated carbocycles. The lowest BCUT2D eigenvalue weighted by molar-refractivity contribution is -0.142. The van der Waals surface area contributed by atoms with Gasteiger partial charge in [0.05, 0.1) is 5.92 Å². The summed E-state index contributed by atoms with van der Waals surface area (Å²) in [5.41, 5.74) is 0. The zero-order chi connectivity index (χ0) is 15.5. The van der Waals surface area contributed by atoms with E-state index < -0.39 is 22.1 Å². The summed E-state index contributed by atoms with van der Waals surface area (Å²) in [6.07, 6.45) is 2.70. The van der Waals surface area contributed by atoms with E-state index in [0.717, 1.165) is 0 Å². The Labute approximate surface area is 123 Å². The van der Waals surface area contributed by atoms with E-state index in [9.17, 15) is 13.2 Å². The van der Waals surface area contributed by atoms with Crippen LogP contribution in [0.1, 0.15) is 18.7 Å². The zero-order valence-corrected chi connectivity index (χ0v) is 12.6. The molecule has 1 saturated heterocycles. The van der Waals surface area contributed by atoms with Gasteiger partial charge in [-0.2, -0.15) is 12.7 Å². The minimum absolute atomic E-state index is 0.230. The van der Waals surface area contributed by atoms with Gasteiger partial charge in [0.1, 0.15) is 12.2 Å². The number of carboxylic acid groups (broad SMARTS) is 1. The minimum Gasteiger partial charge on any atom is -0.481 e. The summed E-state index contributed by atoms with van der Waals surface area (Å²) in [6.45, 7) is 0.695. The molecule has 0 unspecified atom stereocenters. The number of carbonyl (C=O) groups is 1. The Hall–Kier alpha value is -1.52. The van der Waals surface area contributed by atoms with Crippen molar-refractivity contribution in [2.75, 3.05) is 19.6 Å². The van der Waals surface area contributed by atoms with Crippen LogP contribution in [0, 0.1) is 5.92 Å². The van der Waals surface area contributed by atoms with E-state index in [4.69, 9.17) is 5.11 Å². The lowest BCUT2D eigenvalue weighted by Crippen LogP contribution is -2.46. The third-order valence-electron chi connectivity index (χ3n) is 3.58. The zero-order valence-electron chi connectivity index (χ0n) is 11.8. The number of aliphatic carboxylic acids is 1. The van der Waals surface area contributed by atoms with Gasteiger partial charge < -0.3 is 9.67 Å². The minimum atomic E-state index is -3.57. The van der Waals surface area contributed by atoms with Gasteiger partial charge in [-0.15, -0.1) is 10.2 Å². The first-order valence-electron chi connectivity index (χ1n) is 6.70. The predicted octanol–water partition coefficient (Wildman–Crippen LogP) is -1.01. The van der Waals surface area contributed by atoms with Crippen molar-refractivity contribution in [2.24, 2.45) is 13.0 Å². The smallest absolute Gasteiger partial charge is 0.306 e. The van der Waals surface area contributed by atoms with Crippen molar-refractivity contribution in [3.63, 3.8) is 0 Å². The van der Waals surface area contributed by atoms with Crippen LogP contribution in [-0.4, -0.2) is 58.2 Å². The normalized spacial score (nSPS) is 18.0. The lowest BCUT2D eigenvalue weighted by Gasteiger charge is -2.29. The van der Waals surface area contributed by atoms with E-state index in [1.165, 1.54) is 4.31 Å². The quantitative estimate of drug-likeness (QED) is 0.694. The molecule has 1 aliphatic rings. The first-order chi connectivity index (χ1) is 9.90. The van der Waals surface area contributed by atoms with E-state index in [1.807, 2.05) is 0 Å². The molecule has 0 radical (unpaired) electrons. The van der Waals surface area contributed by atoms with E-state index in [-0.39, 0.29) is 19.6 Å². The molecule has 118 valence electrons. The molecule has 0 aliphatic carbocycles. The van der Waals surface area contributed by atoms with Crippen LogP contribution in [0.5, 0.6) is 0 Å². The summed E-state index contributed by atoms with van der Waals surface area (Å²) in [7, 11) is -1.77. The molecule has 0 amide bonds. The van der Waals surface area contributed by atoms with Crippen LogP contribution in [0.4, 0.5) is 0 Å². The topological polar surface area (TPSA) is 117 Å². The Balaban J connectivity index is 1.82. The highest BCUT2D eigenvalue weighted by molar-refractivity contribution is 7.87. The lowest BCUT2D eigenvalue weighted by atomic mass is 9.99. The average molecular weight is 317 g/mol. The third kappa shape index (κ3) is 3.99. The standard InChI is InChI=1S/C11H19N5O4S/c1-15-8-12-14-10(15)2-5-13-21(19,20)16-6-3-9(4-7-16)11(17)18/h8-9,13H,2-7H2,1H3,(H,17,18). The second-order valence-corrected chi connectivity index (χ2v) is 6.77. The number of piperidine rings is 1. The maximum Gasteiger partial charge on any atom is 0.306 e. The summed E-state index contributed by atoms with van der Waals surface area (Å²) in [4.78, 5) is 10.8. The Morgan fingerprint density at radius 2 is 2.14 bits per heavy atom. The van der Waals surface area contributed by atoms with Crippen molar-refractivity contribution in [1.82, 2.24) is 23.8 Å². The van der Waals surface area contributed by atoms with Crippen LogP contribution in [0.2, 0.25) is 0 Å². The molecule has 2 heterocycles. The number of aryl methyl sites for hydroxylation is 1. The van der Waals surface area contributed by atoms with Gasteiger partial charge in [0.2, 0.25) is 0 Å². The van der Waals surface area contributed by atoms with Crippen molar-refractivity contribution in [1.29, 1.82) is 0 Å². The molecule has 1 aliphatic heterocycles. The van der Waals surface area contributed by atoms with Crippen molar-refractivity contribution in [2.45, 2.75) is 19.3 Å². The molecule has 2 N–H and O–H groups in total. The molecule has 1 fully saturated rings. The summed E-state index contributed by atoms with van der Waals surface area (Å²) in [6, 6.07) is 0. The van der Waals surface area contributed by atoms with Crippen molar-refractivity contribution >= 4 is 16.2 Å². The fourth-order valence-corrected chi connectivity index (χ4v) is 3.49. The van der Waals surface area contributed by atoms with Gasteiger partial charge >= 0.3 is 5.97 Å². The van der Waals surface area contributed by atoms with Crippen LogP contribution < -0.4 is 4.72 Å². The number of nitrogens with zero attached hydrogens (tertiary/aromatic N) is 4. The molecule has 9 nitrogen and oxygen atoms in total. The Bertz CT molecular complexity index is 592. The van der Waals surface area contributed by atoms with Gasteiger partial charge in [0.25, 0.3) is 10.2 Å². The molecular weight excluding hydrogens is 298 g/mol. The van der Waals surface area contributed by atoms with Crippen LogP contribution in [-0.2, 0) is 28.5 Å². The first kappa shape index (κ1) is 15.9. The maximum absolute atomic E-state index is 12.1. The number of aromatic nitrogens is 3. The van der Waals surface area contributed by atoms with Crippen LogP contribution in [0.3, 0.4) is 0 Å². The van der Waals surface area contributed by atoms with Crippen LogP contribution >= 0.6 is 0 Å². The highest BCUT2D eigenvalue weighted by Gasteiger charge is 2.30. The largest absolute Gasteiger partial charge is 0.481 e. The van der Waals surface area contributed by atoms with Crippen molar-refractivity contribution in [3.8, 4) is 0 Å². The molecule has 10 heteroatoms. The van der Waals surface area contributed by atoms with E-state index in [2.05, 4.69) is 14.9 Å². The molecule has 1 aromatic rings. The van der Waals surface area contributed by atoms with Gasteiger partial charge in [-0.25, -0.2) is 4.72 Å². The highest BCUT2D eigenvalue weighted by Crippen LogP contribution is 2.19. The number of nitrogens with one attached hydrogen (secondary N) is 1. The fraction of sp³-hybridized carbons (Fsp3) is 0.727. The summed E-state index contributed by atoms with van der Waals surface area (Å²) < 4.78 is 29.7. The number of hydrogen-bond donors (Lipinski definition) is 2. The number of carboxylic acids is 1. The highest BCUT2D eigenvalue weighted by atomic mass is 32.2. The summed E-state index contributed by atoms with van der Waals surface area (Å²) >= 11 is 0. The van der Waals surface area contributed by atoms with Gasteiger partial charge in [0, 0.05) is 33.1 Å². The molecule has 2 rings (SSSR count). The van der Waals surface area contributed by atoms with Crippen LogP contribution in [0.25, 0.3) is 0 Å². The van der Waals surface area contributed by atoms with E-state index in [1.54, 1.807) is 17.9 Å². The summed E-state index contributed by atoms with van der Waals surface area (Å²) in [5, 5.41) is 16.5. The average Bonchev–Trinajstić information content (AvgIpc) is 2.84. The molecule has 0 spiro atoms. The molecule has 0 aromatic carbocycles. The Morgan fingerprint density at radius 1 is 1.48 bits per heavy atom. The van der Waals surface area contributed by atoms with Gasteiger partial charge in [-0.05, 0) is 12.8 Å². The first-order valence-corrected chi connectivity index (χ1v) is 8.14. The fourth-order valence-electron chi connectivity index (χ4n) is 2.26. The number of rotatable bonds is 6. The molecule has 0 bridgehead atoms. The van der Waals surface area contributed by atoms with Gasteiger partial charge in [-0.1, -0.05) is 0 Å². The van der Waals surface area contributed by atoms with E-state index >= 15 is 0 Å². The van der Waals surface area contributed by atoms with Crippen molar-refractivity contribution < 1.29 is 18.3 Å². The van der Waals surface area contributed by atoms with Gasteiger partial charge in [-0.3, -0.25) is 4.79 Å². The van der Waals surface area contributed by atoms with Gasteiger partial charge in [0.15, 0.2) is 0 Å². The third-order valence-corrected chi connectivity index (χ3v) is 5.20.